The number of fused-ring (bicyclic) bond motifs is 2. The molecule has 0 unspecified atom stereocenters. The van der Waals surface area contributed by atoms with Crippen molar-refractivity contribution in [1.82, 2.24) is 24.6 Å². The van der Waals surface area contributed by atoms with Crippen LogP contribution in [0.3, 0.4) is 0 Å². The minimum atomic E-state index is -0.333. The molecular weight excluding hydrogens is 400 g/mol. The van der Waals surface area contributed by atoms with Gasteiger partial charge in [0.25, 0.3) is 5.91 Å². The normalized spacial score (nSPS) is 17.9. The van der Waals surface area contributed by atoms with E-state index in [9.17, 15) is 4.79 Å². The molecule has 9 heteroatoms. The highest BCUT2D eigenvalue weighted by Gasteiger charge is 2.43. The van der Waals surface area contributed by atoms with Crippen LogP contribution in [0.25, 0.3) is 10.6 Å². The van der Waals surface area contributed by atoms with Gasteiger partial charge in [-0.1, -0.05) is 0 Å². The van der Waals surface area contributed by atoms with Crippen LogP contribution < -0.4 is 5.73 Å². The summed E-state index contributed by atoms with van der Waals surface area (Å²) in [5, 5.41) is 4.34. The molecule has 2 aliphatic rings. The number of likely N-dealkylation sites (tertiary alicyclic amines) is 1. The first-order valence-electron chi connectivity index (χ1n) is 10.1. The second kappa shape index (κ2) is 7.17. The summed E-state index contributed by atoms with van der Waals surface area (Å²) >= 11 is 1.75. The Balaban J connectivity index is 1.37. The van der Waals surface area contributed by atoms with E-state index in [4.69, 9.17) is 10.5 Å². The van der Waals surface area contributed by atoms with Gasteiger partial charge in [-0.25, -0.2) is 9.97 Å². The number of carbonyl (C=O) groups excluding carboxylic acids is 1. The average molecular weight is 425 g/mol. The number of carbonyl (C=O) groups is 1. The predicted octanol–water partition coefficient (Wildman–Crippen LogP) is 2.53. The van der Waals surface area contributed by atoms with Crippen LogP contribution in [-0.2, 0) is 23.8 Å². The Labute approximate surface area is 178 Å². The molecule has 3 aromatic heterocycles. The van der Waals surface area contributed by atoms with E-state index < -0.39 is 0 Å². The van der Waals surface area contributed by atoms with E-state index in [2.05, 4.69) is 21.1 Å². The summed E-state index contributed by atoms with van der Waals surface area (Å²) in [6, 6.07) is 4.04. The van der Waals surface area contributed by atoms with Crippen molar-refractivity contribution in [3.8, 4) is 10.6 Å². The number of piperidine rings is 1. The van der Waals surface area contributed by atoms with Crippen molar-refractivity contribution in [3.63, 3.8) is 0 Å². The van der Waals surface area contributed by atoms with Crippen LogP contribution in [0.15, 0.2) is 24.5 Å². The molecule has 8 nitrogen and oxygen atoms in total. The highest BCUT2D eigenvalue weighted by atomic mass is 32.1. The van der Waals surface area contributed by atoms with E-state index in [-0.39, 0.29) is 11.5 Å². The summed E-state index contributed by atoms with van der Waals surface area (Å²) in [6.45, 7) is 3.96. The van der Waals surface area contributed by atoms with Crippen LogP contribution in [0.4, 0.5) is 5.82 Å². The van der Waals surface area contributed by atoms with Gasteiger partial charge in [-0.05, 0) is 37.5 Å². The number of aryl methyl sites for hydroxylation is 2. The summed E-state index contributed by atoms with van der Waals surface area (Å²) in [4.78, 5) is 25.8. The highest BCUT2D eigenvalue weighted by Crippen LogP contribution is 2.46. The fourth-order valence-corrected chi connectivity index (χ4v) is 5.51. The van der Waals surface area contributed by atoms with Crippen molar-refractivity contribution in [2.45, 2.75) is 31.8 Å². The topological polar surface area (TPSA) is 99.2 Å². The van der Waals surface area contributed by atoms with E-state index >= 15 is 0 Å². The Morgan fingerprint density at radius 3 is 2.70 bits per heavy atom. The number of amides is 1. The van der Waals surface area contributed by atoms with E-state index in [1.165, 1.54) is 10.4 Å². The van der Waals surface area contributed by atoms with Gasteiger partial charge in [-0.3, -0.25) is 9.48 Å². The minimum absolute atomic E-state index is 0.00672. The van der Waals surface area contributed by atoms with Crippen LogP contribution in [0.2, 0.25) is 0 Å². The number of ether oxygens (including phenoxy) is 1. The summed E-state index contributed by atoms with van der Waals surface area (Å²) < 4.78 is 8.09. The Bertz CT molecular complexity index is 1080. The van der Waals surface area contributed by atoms with Crippen LogP contribution >= 0.6 is 11.3 Å². The van der Waals surface area contributed by atoms with E-state index in [1.807, 2.05) is 24.9 Å². The number of nitrogens with two attached hydrogens (primary N) is 1. The fourth-order valence-electron chi connectivity index (χ4n) is 4.32. The molecule has 2 N–H and O–H groups in total. The van der Waals surface area contributed by atoms with Gasteiger partial charge < -0.3 is 15.4 Å². The zero-order valence-electron chi connectivity index (χ0n) is 17.1. The quantitative estimate of drug-likeness (QED) is 0.679. The number of aromatic nitrogens is 4. The SMILES string of the molecule is Cc1cc(C(=O)N2CCC3(CC2)OCCc2sc(-c4cnc(N)cn4)cc23)nn1C. The molecular formula is C21H24N6O2S. The number of nitrogens with zero attached hydrogens (tertiary/aromatic N) is 5. The largest absolute Gasteiger partial charge is 0.382 e. The van der Waals surface area contributed by atoms with Crippen molar-refractivity contribution in [2.75, 3.05) is 25.4 Å². The molecule has 156 valence electrons. The molecule has 5 heterocycles. The van der Waals surface area contributed by atoms with Gasteiger partial charge in [-0.15, -0.1) is 11.3 Å². The van der Waals surface area contributed by atoms with E-state index in [1.54, 1.807) is 28.4 Å². The molecule has 1 fully saturated rings. The maximum atomic E-state index is 12.9. The zero-order valence-corrected chi connectivity index (χ0v) is 17.9. The standard InChI is InChI=1S/C21H24N6O2S/c1-13-9-15(25-26(13)2)20(28)27-6-4-21(5-7-27)14-10-18(30-17(14)3-8-29-21)16-11-24-19(22)12-23-16/h9-12H,3-8H2,1-2H3,(H2,22,24). The van der Waals surface area contributed by atoms with Gasteiger partial charge >= 0.3 is 0 Å². The van der Waals surface area contributed by atoms with E-state index in [0.717, 1.165) is 35.5 Å². The van der Waals surface area contributed by atoms with Crippen LogP contribution in [-0.4, -0.2) is 50.3 Å². The molecule has 0 aromatic carbocycles. The lowest BCUT2D eigenvalue weighted by molar-refractivity contribution is -0.0926. The number of anilines is 1. The first-order chi connectivity index (χ1) is 14.4. The highest BCUT2D eigenvalue weighted by molar-refractivity contribution is 7.15. The molecule has 3 aromatic rings. The summed E-state index contributed by atoms with van der Waals surface area (Å²) in [5.74, 6) is 0.410. The lowest BCUT2D eigenvalue weighted by Crippen LogP contribution is -2.48. The maximum Gasteiger partial charge on any atom is 0.274 e. The second-order valence-corrected chi connectivity index (χ2v) is 9.09. The first-order valence-corrected chi connectivity index (χ1v) is 10.9. The Kier molecular flexibility index (Phi) is 4.59. The summed E-state index contributed by atoms with van der Waals surface area (Å²) in [6.07, 6.45) is 5.77. The van der Waals surface area contributed by atoms with E-state index in [0.29, 0.717) is 31.2 Å². The van der Waals surface area contributed by atoms with Gasteiger partial charge in [0.15, 0.2) is 5.69 Å². The van der Waals surface area contributed by atoms with Crippen molar-refractivity contribution in [1.29, 1.82) is 0 Å². The molecule has 5 rings (SSSR count). The zero-order chi connectivity index (χ0) is 20.9. The third kappa shape index (κ3) is 3.18. The van der Waals surface area contributed by atoms with Crippen molar-refractivity contribution in [2.24, 2.45) is 7.05 Å². The van der Waals surface area contributed by atoms with Crippen molar-refractivity contribution >= 4 is 23.1 Å². The average Bonchev–Trinajstić information content (AvgIpc) is 3.33. The molecule has 0 atom stereocenters. The van der Waals surface area contributed by atoms with Gasteiger partial charge in [-0.2, -0.15) is 5.10 Å². The van der Waals surface area contributed by atoms with Crippen molar-refractivity contribution in [3.05, 3.63) is 46.4 Å². The van der Waals surface area contributed by atoms with Gasteiger partial charge in [0.05, 0.1) is 35.2 Å². The maximum absolute atomic E-state index is 12.9. The van der Waals surface area contributed by atoms with Gasteiger partial charge in [0.1, 0.15) is 5.82 Å². The molecule has 1 saturated heterocycles. The fraction of sp³-hybridized carbons (Fsp3) is 0.429. The monoisotopic (exact) mass is 424 g/mol. The number of hydrogen-bond donors (Lipinski definition) is 1. The molecule has 2 aliphatic heterocycles. The third-order valence-corrected chi connectivity index (χ3v) is 7.34. The number of thiophene rings is 1. The lowest BCUT2D eigenvalue weighted by atomic mass is 9.82. The molecule has 0 bridgehead atoms. The Morgan fingerprint density at radius 1 is 1.23 bits per heavy atom. The number of nitrogen functional groups attached to an aromatic ring is 1. The third-order valence-electron chi connectivity index (χ3n) is 6.12. The Hall–Kier alpha value is -2.78. The lowest BCUT2D eigenvalue weighted by Gasteiger charge is -2.43. The number of rotatable bonds is 2. The molecule has 1 spiro atoms. The molecule has 30 heavy (non-hydrogen) atoms. The number of hydrogen-bond acceptors (Lipinski definition) is 7. The van der Waals surface area contributed by atoms with Crippen LogP contribution in [0.5, 0.6) is 0 Å². The summed E-state index contributed by atoms with van der Waals surface area (Å²) in [5.41, 5.74) is 8.90. The minimum Gasteiger partial charge on any atom is -0.382 e. The first kappa shape index (κ1) is 19.2. The second-order valence-electron chi connectivity index (χ2n) is 7.95. The molecule has 0 saturated carbocycles. The predicted molar refractivity (Wildman–Crippen MR) is 114 cm³/mol. The molecule has 0 aliphatic carbocycles. The van der Waals surface area contributed by atoms with Crippen molar-refractivity contribution < 1.29 is 9.53 Å². The molecule has 1 amide bonds. The van der Waals surface area contributed by atoms with Gasteiger partial charge in [0.2, 0.25) is 0 Å². The summed E-state index contributed by atoms with van der Waals surface area (Å²) in [7, 11) is 1.86. The Morgan fingerprint density at radius 2 is 2.03 bits per heavy atom. The molecule has 0 radical (unpaired) electrons. The van der Waals surface area contributed by atoms with Crippen LogP contribution in [0, 0.1) is 6.92 Å². The van der Waals surface area contributed by atoms with Crippen LogP contribution in [0.1, 0.15) is 39.5 Å². The van der Waals surface area contributed by atoms with Gasteiger partial charge in [0, 0.05) is 37.1 Å². The smallest absolute Gasteiger partial charge is 0.274 e.